The second-order valence-electron chi connectivity index (χ2n) is 4.52. The van der Waals surface area contributed by atoms with Crippen molar-refractivity contribution < 1.29 is 4.79 Å². The number of Topliss-reactive ketones (excluding diaryl/α,β-unsaturated/α-hetero) is 1. The van der Waals surface area contributed by atoms with Crippen LogP contribution in [0.15, 0.2) is 6.20 Å². The first-order chi connectivity index (χ1) is 7.70. The van der Waals surface area contributed by atoms with Crippen LogP contribution in [-0.4, -0.2) is 15.6 Å². The monoisotopic (exact) mass is 240 g/mol. The first-order valence-electron chi connectivity index (χ1n) is 5.92. The van der Waals surface area contributed by atoms with Crippen molar-refractivity contribution >= 4 is 17.4 Å². The molecule has 16 heavy (non-hydrogen) atoms. The van der Waals surface area contributed by atoms with Crippen molar-refractivity contribution in [1.29, 1.82) is 0 Å². The summed E-state index contributed by atoms with van der Waals surface area (Å²) < 4.78 is 1.59. The quantitative estimate of drug-likeness (QED) is 0.588. The molecule has 2 rings (SSSR count). The van der Waals surface area contributed by atoms with Crippen LogP contribution in [-0.2, 0) is 7.05 Å². The molecule has 0 saturated heterocycles. The lowest BCUT2D eigenvalue weighted by Crippen LogP contribution is -2.18. The number of ketones is 1. The summed E-state index contributed by atoms with van der Waals surface area (Å²) in [6.07, 6.45) is 8.37. The van der Waals surface area contributed by atoms with Gasteiger partial charge in [0.25, 0.3) is 0 Å². The number of hydrogen-bond donors (Lipinski definition) is 0. The molecule has 0 aliphatic heterocycles. The largest absolute Gasteiger partial charge is 0.292 e. The van der Waals surface area contributed by atoms with Crippen LogP contribution >= 0.6 is 11.6 Å². The molecule has 1 heterocycles. The van der Waals surface area contributed by atoms with E-state index < -0.39 is 0 Å². The molecule has 1 aliphatic rings. The van der Waals surface area contributed by atoms with Crippen LogP contribution in [0.25, 0.3) is 0 Å². The molecule has 0 amide bonds. The minimum atomic E-state index is 0.149. The summed E-state index contributed by atoms with van der Waals surface area (Å²) in [5, 5.41) is 4.50. The zero-order valence-electron chi connectivity index (χ0n) is 9.58. The van der Waals surface area contributed by atoms with E-state index in [1.165, 1.54) is 12.8 Å². The smallest absolute Gasteiger partial charge is 0.185 e. The average molecular weight is 241 g/mol. The Morgan fingerprint density at radius 1 is 1.38 bits per heavy atom. The molecule has 1 saturated carbocycles. The van der Waals surface area contributed by atoms with Crippen molar-refractivity contribution in [3.63, 3.8) is 0 Å². The van der Waals surface area contributed by atoms with Crippen LogP contribution < -0.4 is 0 Å². The topological polar surface area (TPSA) is 34.9 Å². The highest BCUT2D eigenvalue weighted by atomic mass is 35.5. The van der Waals surface area contributed by atoms with Crippen LogP contribution in [0.2, 0.25) is 5.02 Å². The fraction of sp³-hybridized carbons (Fsp3) is 0.667. The van der Waals surface area contributed by atoms with E-state index >= 15 is 0 Å². The van der Waals surface area contributed by atoms with Gasteiger partial charge in [0.15, 0.2) is 5.78 Å². The van der Waals surface area contributed by atoms with Gasteiger partial charge < -0.3 is 0 Å². The van der Waals surface area contributed by atoms with E-state index in [2.05, 4.69) is 5.10 Å². The van der Waals surface area contributed by atoms with Crippen LogP contribution in [0.4, 0.5) is 0 Å². The number of rotatable bonds is 2. The van der Waals surface area contributed by atoms with E-state index in [0.717, 1.165) is 25.7 Å². The van der Waals surface area contributed by atoms with Gasteiger partial charge in [0.05, 0.1) is 11.2 Å². The minimum Gasteiger partial charge on any atom is -0.292 e. The zero-order chi connectivity index (χ0) is 11.5. The van der Waals surface area contributed by atoms with Gasteiger partial charge in [-0.15, -0.1) is 0 Å². The van der Waals surface area contributed by atoms with Crippen LogP contribution in [0, 0.1) is 5.92 Å². The van der Waals surface area contributed by atoms with Gasteiger partial charge >= 0.3 is 0 Å². The Bertz CT molecular complexity index is 359. The molecule has 0 spiro atoms. The zero-order valence-corrected chi connectivity index (χ0v) is 10.3. The third-order valence-electron chi connectivity index (χ3n) is 3.35. The summed E-state index contributed by atoms with van der Waals surface area (Å²) in [6.45, 7) is 0. The van der Waals surface area contributed by atoms with Gasteiger partial charge in [-0.3, -0.25) is 9.48 Å². The normalized spacial score (nSPS) is 18.4. The van der Waals surface area contributed by atoms with Gasteiger partial charge in [-0.05, 0) is 12.8 Å². The second kappa shape index (κ2) is 5.00. The maximum atomic E-state index is 12.3. The molecule has 1 aromatic heterocycles. The van der Waals surface area contributed by atoms with Gasteiger partial charge in [0.1, 0.15) is 5.69 Å². The van der Waals surface area contributed by atoms with E-state index in [4.69, 9.17) is 11.6 Å². The van der Waals surface area contributed by atoms with Crippen molar-refractivity contribution in [3.05, 3.63) is 16.9 Å². The molecule has 0 unspecified atom stereocenters. The molecule has 0 atom stereocenters. The van der Waals surface area contributed by atoms with E-state index in [9.17, 15) is 4.79 Å². The van der Waals surface area contributed by atoms with Crippen molar-refractivity contribution in [2.45, 2.75) is 38.5 Å². The summed E-state index contributed by atoms with van der Waals surface area (Å²) in [4.78, 5) is 12.3. The molecule has 3 nitrogen and oxygen atoms in total. The fourth-order valence-electron chi connectivity index (χ4n) is 2.42. The van der Waals surface area contributed by atoms with Crippen molar-refractivity contribution in [1.82, 2.24) is 9.78 Å². The highest BCUT2D eigenvalue weighted by Crippen LogP contribution is 2.28. The number of carbonyl (C=O) groups is 1. The third-order valence-corrected chi connectivity index (χ3v) is 3.63. The predicted molar refractivity (Wildman–Crippen MR) is 63.7 cm³/mol. The van der Waals surface area contributed by atoms with Gasteiger partial charge in [-0.25, -0.2) is 0 Å². The summed E-state index contributed by atoms with van der Waals surface area (Å²) in [6, 6.07) is 0. The molecule has 0 N–H and O–H groups in total. The van der Waals surface area contributed by atoms with Crippen molar-refractivity contribution in [2.24, 2.45) is 13.0 Å². The number of carbonyl (C=O) groups excluding carboxylic acids is 1. The number of aromatic nitrogens is 2. The van der Waals surface area contributed by atoms with Gasteiger partial charge in [-0.1, -0.05) is 37.3 Å². The summed E-state index contributed by atoms with van der Waals surface area (Å²) in [5.41, 5.74) is 0.577. The molecule has 4 heteroatoms. The Hall–Kier alpha value is -0.830. The molecule has 0 aromatic carbocycles. The van der Waals surface area contributed by atoms with E-state index in [1.54, 1.807) is 17.9 Å². The number of aryl methyl sites for hydroxylation is 1. The number of hydrogen-bond acceptors (Lipinski definition) is 2. The Morgan fingerprint density at radius 3 is 2.50 bits per heavy atom. The first kappa shape index (κ1) is 11.6. The molecule has 0 bridgehead atoms. The van der Waals surface area contributed by atoms with Crippen LogP contribution in [0.5, 0.6) is 0 Å². The van der Waals surface area contributed by atoms with Crippen LogP contribution in [0.3, 0.4) is 0 Å². The summed E-state index contributed by atoms with van der Waals surface area (Å²) >= 11 is 6.00. The fourth-order valence-corrected chi connectivity index (χ4v) is 2.68. The first-order valence-corrected chi connectivity index (χ1v) is 6.29. The standard InChI is InChI=1S/C12H17ClN2O/c1-15-11(10(13)8-14-15)12(16)9-6-4-2-3-5-7-9/h8-9H,2-7H2,1H3. The SMILES string of the molecule is Cn1ncc(Cl)c1C(=O)C1CCCCCC1. The molecule has 1 fully saturated rings. The molecule has 1 aliphatic carbocycles. The average Bonchev–Trinajstić information content (AvgIpc) is 2.51. The van der Waals surface area contributed by atoms with Crippen molar-refractivity contribution in [2.75, 3.05) is 0 Å². The summed E-state index contributed by atoms with van der Waals surface area (Å²) in [7, 11) is 1.77. The lowest BCUT2D eigenvalue weighted by Gasteiger charge is -2.12. The van der Waals surface area contributed by atoms with E-state index in [-0.39, 0.29) is 11.7 Å². The second-order valence-corrected chi connectivity index (χ2v) is 4.92. The molecule has 88 valence electrons. The Morgan fingerprint density at radius 2 is 2.00 bits per heavy atom. The predicted octanol–water partition coefficient (Wildman–Crippen LogP) is 3.23. The Balaban J connectivity index is 2.17. The highest BCUT2D eigenvalue weighted by molar-refractivity contribution is 6.33. The molecular weight excluding hydrogens is 224 g/mol. The molecular formula is C12H17ClN2O. The minimum absolute atomic E-state index is 0.149. The van der Waals surface area contributed by atoms with Crippen LogP contribution in [0.1, 0.15) is 49.0 Å². The van der Waals surface area contributed by atoms with Crippen molar-refractivity contribution in [3.8, 4) is 0 Å². The summed E-state index contributed by atoms with van der Waals surface area (Å²) in [5.74, 6) is 0.322. The maximum Gasteiger partial charge on any atom is 0.185 e. The Labute approximate surface area is 101 Å². The third kappa shape index (κ3) is 2.29. The molecule has 1 aromatic rings. The Kier molecular flexibility index (Phi) is 3.64. The molecule has 0 radical (unpaired) electrons. The van der Waals surface area contributed by atoms with E-state index in [0.29, 0.717) is 10.7 Å². The van der Waals surface area contributed by atoms with Gasteiger partial charge in [-0.2, -0.15) is 5.10 Å². The number of nitrogens with zero attached hydrogens (tertiary/aromatic N) is 2. The number of halogens is 1. The van der Waals surface area contributed by atoms with Gasteiger partial charge in [0.2, 0.25) is 0 Å². The lowest BCUT2D eigenvalue weighted by molar-refractivity contribution is 0.0898. The highest BCUT2D eigenvalue weighted by Gasteiger charge is 2.25. The lowest BCUT2D eigenvalue weighted by atomic mass is 9.93. The maximum absolute atomic E-state index is 12.3. The van der Waals surface area contributed by atoms with Gasteiger partial charge in [0, 0.05) is 13.0 Å². The van der Waals surface area contributed by atoms with E-state index in [1.807, 2.05) is 0 Å².